The van der Waals surface area contributed by atoms with E-state index in [4.69, 9.17) is 23.2 Å². The molecule has 0 aliphatic carbocycles. The maximum absolute atomic E-state index is 12.8. The molecule has 1 amide bonds. The number of rotatable bonds is 4. The smallest absolute Gasteiger partial charge is 0.266 e. The molecule has 1 N–H and O–H groups in total. The molecule has 2 aromatic carbocycles. The van der Waals surface area contributed by atoms with Gasteiger partial charge in [-0.05, 0) is 30.3 Å². The fraction of sp³-hybridized carbons (Fsp3) is 0.190. The minimum atomic E-state index is -0.367. The number of hydrazone groups is 1. The van der Waals surface area contributed by atoms with Crippen LogP contribution >= 0.6 is 23.2 Å². The number of aromatic nitrogens is 2. The predicted molar refractivity (Wildman–Crippen MR) is 114 cm³/mol. The van der Waals surface area contributed by atoms with Crippen molar-refractivity contribution >= 4 is 35.3 Å². The Hall–Kier alpha value is -2.63. The number of hydrogen-bond acceptors (Lipinski definition) is 3. The third kappa shape index (κ3) is 4.61. The first kappa shape index (κ1) is 20.1. The molecule has 0 bridgehead atoms. The van der Waals surface area contributed by atoms with Crippen LogP contribution < -0.4 is 5.43 Å². The molecular weight excluding hydrogens is 395 g/mol. The third-order valence-corrected chi connectivity index (χ3v) is 4.61. The van der Waals surface area contributed by atoms with E-state index in [9.17, 15) is 4.79 Å². The first-order chi connectivity index (χ1) is 13.3. The molecule has 0 aliphatic heterocycles. The number of hydrogen-bond donors (Lipinski definition) is 1. The van der Waals surface area contributed by atoms with Gasteiger partial charge in [-0.1, -0.05) is 68.2 Å². The molecule has 3 rings (SSSR count). The number of nitrogens with zero attached hydrogens (tertiary/aromatic N) is 3. The monoisotopic (exact) mass is 414 g/mol. The Balaban J connectivity index is 1.88. The molecule has 0 atom stereocenters. The van der Waals surface area contributed by atoms with Gasteiger partial charge in [-0.3, -0.25) is 4.79 Å². The van der Waals surface area contributed by atoms with Crippen LogP contribution in [-0.2, 0) is 5.41 Å². The zero-order valence-corrected chi connectivity index (χ0v) is 17.3. The van der Waals surface area contributed by atoms with E-state index in [1.807, 2.05) is 51.1 Å². The predicted octanol–water partition coefficient (Wildman–Crippen LogP) is 5.24. The highest BCUT2D eigenvalue weighted by atomic mass is 35.5. The van der Waals surface area contributed by atoms with Crippen molar-refractivity contribution in [3.8, 4) is 5.69 Å². The molecule has 0 aliphatic rings. The Labute approximate surface area is 174 Å². The average molecular weight is 415 g/mol. The van der Waals surface area contributed by atoms with E-state index >= 15 is 0 Å². The van der Waals surface area contributed by atoms with Gasteiger partial charge in [-0.15, -0.1) is 0 Å². The summed E-state index contributed by atoms with van der Waals surface area (Å²) in [7, 11) is 0. The summed E-state index contributed by atoms with van der Waals surface area (Å²) in [5, 5.41) is 9.64. The standard InChI is InChI=1S/C21H20Cl2N4O/c1-21(2,3)19-12-18(27(26-19)16-7-5-4-6-8-16)20(28)25-24-13-14-9-10-15(22)11-17(14)23/h4-13H,1-3H3,(H,25,28). The van der Waals surface area contributed by atoms with Gasteiger partial charge in [-0.25, -0.2) is 10.1 Å². The van der Waals surface area contributed by atoms with Gasteiger partial charge in [0.15, 0.2) is 0 Å². The van der Waals surface area contributed by atoms with Gasteiger partial charge in [0.2, 0.25) is 0 Å². The average Bonchev–Trinajstić information content (AvgIpc) is 3.10. The molecule has 0 saturated carbocycles. The normalized spacial score (nSPS) is 11.8. The Morgan fingerprint density at radius 1 is 1.11 bits per heavy atom. The van der Waals surface area contributed by atoms with Crippen LogP contribution in [0.2, 0.25) is 10.0 Å². The van der Waals surface area contributed by atoms with Gasteiger partial charge in [0.05, 0.1) is 22.6 Å². The second kappa shape index (κ2) is 8.17. The summed E-state index contributed by atoms with van der Waals surface area (Å²) in [6.07, 6.45) is 1.48. The molecule has 0 saturated heterocycles. The topological polar surface area (TPSA) is 59.3 Å². The van der Waals surface area contributed by atoms with Crippen LogP contribution in [0.3, 0.4) is 0 Å². The summed E-state index contributed by atoms with van der Waals surface area (Å²) in [4.78, 5) is 12.8. The molecule has 3 aromatic rings. The third-order valence-electron chi connectivity index (χ3n) is 4.04. The number of carbonyl (C=O) groups excluding carboxylic acids is 1. The summed E-state index contributed by atoms with van der Waals surface area (Å²) < 4.78 is 1.63. The lowest BCUT2D eigenvalue weighted by Gasteiger charge is -2.14. The molecule has 5 nitrogen and oxygen atoms in total. The van der Waals surface area contributed by atoms with Crippen LogP contribution in [-0.4, -0.2) is 21.9 Å². The number of carbonyl (C=O) groups is 1. The lowest BCUT2D eigenvalue weighted by molar-refractivity contribution is 0.0947. The summed E-state index contributed by atoms with van der Waals surface area (Å²) in [5.74, 6) is -0.367. The Morgan fingerprint density at radius 3 is 2.46 bits per heavy atom. The number of nitrogens with one attached hydrogen (secondary N) is 1. The highest BCUT2D eigenvalue weighted by Crippen LogP contribution is 2.24. The fourth-order valence-corrected chi connectivity index (χ4v) is 2.96. The number of halogens is 2. The zero-order chi connectivity index (χ0) is 20.3. The van der Waals surface area contributed by atoms with E-state index in [0.29, 0.717) is 21.3 Å². The Morgan fingerprint density at radius 2 is 1.82 bits per heavy atom. The van der Waals surface area contributed by atoms with Gasteiger partial charge in [0, 0.05) is 16.0 Å². The molecule has 7 heteroatoms. The van der Waals surface area contributed by atoms with E-state index in [-0.39, 0.29) is 11.3 Å². The summed E-state index contributed by atoms with van der Waals surface area (Å²) in [6, 6.07) is 16.3. The van der Waals surface area contributed by atoms with E-state index in [2.05, 4.69) is 15.6 Å². The SMILES string of the molecule is CC(C)(C)c1cc(C(=O)NN=Cc2ccc(Cl)cc2Cl)n(-c2ccccc2)n1. The van der Waals surface area contributed by atoms with Crippen molar-refractivity contribution < 1.29 is 4.79 Å². The maximum atomic E-state index is 12.8. The first-order valence-electron chi connectivity index (χ1n) is 8.70. The van der Waals surface area contributed by atoms with Crippen molar-refractivity contribution in [2.24, 2.45) is 5.10 Å². The molecule has 0 radical (unpaired) electrons. The Bertz CT molecular complexity index is 1020. The van der Waals surface area contributed by atoms with Gasteiger partial charge in [0.25, 0.3) is 5.91 Å². The summed E-state index contributed by atoms with van der Waals surface area (Å²) in [5.41, 5.74) is 5.00. The van der Waals surface area contributed by atoms with Gasteiger partial charge in [0.1, 0.15) is 5.69 Å². The quantitative estimate of drug-likeness (QED) is 0.468. The van der Waals surface area contributed by atoms with Crippen LogP contribution in [0.5, 0.6) is 0 Å². The number of para-hydroxylation sites is 1. The summed E-state index contributed by atoms with van der Waals surface area (Å²) in [6.45, 7) is 6.15. The van der Waals surface area contributed by atoms with Crippen molar-refractivity contribution in [2.75, 3.05) is 0 Å². The highest BCUT2D eigenvalue weighted by Gasteiger charge is 2.23. The number of amides is 1. The molecule has 1 aromatic heterocycles. The molecule has 0 unspecified atom stereocenters. The fourth-order valence-electron chi connectivity index (χ4n) is 2.50. The van der Waals surface area contributed by atoms with Gasteiger partial charge >= 0.3 is 0 Å². The van der Waals surface area contributed by atoms with Crippen LogP contribution in [0.4, 0.5) is 0 Å². The van der Waals surface area contributed by atoms with Crippen LogP contribution in [0, 0.1) is 0 Å². The number of benzene rings is 2. The first-order valence-corrected chi connectivity index (χ1v) is 9.46. The van der Waals surface area contributed by atoms with E-state index < -0.39 is 0 Å². The van der Waals surface area contributed by atoms with Crippen molar-refractivity contribution in [1.29, 1.82) is 0 Å². The van der Waals surface area contributed by atoms with Crippen molar-refractivity contribution in [3.63, 3.8) is 0 Å². The molecule has 0 fully saturated rings. The minimum absolute atomic E-state index is 0.199. The minimum Gasteiger partial charge on any atom is -0.266 e. The van der Waals surface area contributed by atoms with Gasteiger partial charge < -0.3 is 0 Å². The van der Waals surface area contributed by atoms with Crippen molar-refractivity contribution in [3.05, 3.63) is 81.6 Å². The lowest BCUT2D eigenvalue weighted by Crippen LogP contribution is -2.21. The van der Waals surface area contributed by atoms with Crippen LogP contribution in [0.25, 0.3) is 5.69 Å². The largest absolute Gasteiger partial charge is 0.290 e. The Kier molecular flexibility index (Phi) is 5.87. The summed E-state index contributed by atoms with van der Waals surface area (Å²) >= 11 is 12.0. The van der Waals surface area contributed by atoms with Crippen LogP contribution in [0.15, 0.2) is 59.7 Å². The highest BCUT2D eigenvalue weighted by molar-refractivity contribution is 6.36. The van der Waals surface area contributed by atoms with Crippen molar-refractivity contribution in [2.45, 2.75) is 26.2 Å². The molecule has 1 heterocycles. The van der Waals surface area contributed by atoms with Crippen molar-refractivity contribution in [1.82, 2.24) is 15.2 Å². The second-order valence-electron chi connectivity index (χ2n) is 7.28. The van der Waals surface area contributed by atoms with Crippen LogP contribution in [0.1, 0.15) is 42.5 Å². The van der Waals surface area contributed by atoms with E-state index in [1.54, 1.807) is 28.9 Å². The molecular formula is C21H20Cl2N4O. The molecule has 28 heavy (non-hydrogen) atoms. The lowest BCUT2D eigenvalue weighted by atomic mass is 9.92. The van der Waals surface area contributed by atoms with Gasteiger partial charge in [-0.2, -0.15) is 10.2 Å². The maximum Gasteiger partial charge on any atom is 0.290 e. The zero-order valence-electron chi connectivity index (χ0n) is 15.8. The molecule has 0 spiro atoms. The van der Waals surface area contributed by atoms with E-state index in [0.717, 1.165) is 11.4 Å². The second-order valence-corrected chi connectivity index (χ2v) is 8.12. The molecule has 144 valence electrons. The van der Waals surface area contributed by atoms with E-state index in [1.165, 1.54) is 6.21 Å².